The molecule has 2 nitrogen and oxygen atoms in total. The molecule has 0 aromatic heterocycles. The Labute approximate surface area is 108 Å². The third kappa shape index (κ3) is 6.42. The van der Waals surface area contributed by atoms with Crippen LogP contribution in [0.2, 0.25) is 0 Å². The zero-order valence-corrected chi connectivity index (χ0v) is 12.4. The van der Waals surface area contributed by atoms with E-state index in [1.165, 1.54) is 58.4 Å². The van der Waals surface area contributed by atoms with E-state index >= 15 is 0 Å². The monoisotopic (exact) mass is 240 g/mol. The van der Waals surface area contributed by atoms with Crippen molar-refractivity contribution in [2.45, 2.75) is 46.5 Å². The molecule has 1 fully saturated rings. The fourth-order valence-electron chi connectivity index (χ4n) is 2.69. The van der Waals surface area contributed by atoms with E-state index in [2.05, 4.69) is 37.6 Å². The molecule has 0 saturated carbocycles. The molecule has 0 aromatic carbocycles. The van der Waals surface area contributed by atoms with Crippen LogP contribution in [-0.4, -0.2) is 49.6 Å². The minimum atomic E-state index is 0.866. The molecule has 2 heteroatoms. The summed E-state index contributed by atoms with van der Waals surface area (Å²) in [5, 5.41) is 0. The normalized spacial score (nSPS) is 19.4. The fraction of sp³-hybridized carbons (Fsp3) is 1.00. The van der Waals surface area contributed by atoms with E-state index in [1.807, 2.05) is 0 Å². The summed E-state index contributed by atoms with van der Waals surface area (Å²) < 4.78 is 0. The molecule has 17 heavy (non-hydrogen) atoms. The standard InChI is InChI=1S/C15H32N2/c1-5-16(4)13-15-8-11-17(12-9-15)10-6-7-14(2)3/h14-15H,5-13H2,1-4H3. The molecule has 0 aromatic rings. The summed E-state index contributed by atoms with van der Waals surface area (Å²) in [7, 11) is 2.25. The Morgan fingerprint density at radius 2 is 1.88 bits per heavy atom. The molecule has 0 atom stereocenters. The van der Waals surface area contributed by atoms with Crippen molar-refractivity contribution in [3.05, 3.63) is 0 Å². The summed E-state index contributed by atoms with van der Waals surface area (Å²) in [5.74, 6) is 1.81. The van der Waals surface area contributed by atoms with Crippen molar-refractivity contribution in [2.75, 3.05) is 39.8 Å². The van der Waals surface area contributed by atoms with Crippen molar-refractivity contribution in [3.63, 3.8) is 0 Å². The highest BCUT2D eigenvalue weighted by Gasteiger charge is 2.19. The lowest BCUT2D eigenvalue weighted by molar-refractivity contribution is 0.153. The topological polar surface area (TPSA) is 6.48 Å². The van der Waals surface area contributed by atoms with Crippen LogP contribution in [0.1, 0.15) is 46.5 Å². The van der Waals surface area contributed by atoms with Gasteiger partial charge in [-0.05, 0) is 70.7 Å². The van der Waals surface area contributed by atoms with Crippen LogP contribution in [-0.2, 0) is 0 Å². The molecule has 0 unspecified atom stereocenters. The molecular weight excluding hydrogens is 208 g/mol. The van der Waals surface area contributed by atoms with E-state index in [4.69, 9.17) is 0 Å². The van der Waals surface area contributed by atoms with E-state index in [-0.39, 0.29) is 0 Å². The summed E-state index contributed by atoms with van der Waals surface area (Å²) in [6, 6.07) is 0. The summed E-state index contributed by atoms with van der Waals surface area (Å²) >= 11 is 0. The fourth-order valence-corrected chi connectivity index (χ4v) is 2.69. The van der Waals surface area contributed by atoms with Crippen molar-refractivity contribution >= 4 is 0 Å². The molecule has 0 bridgehead atoms. The van der Waals surface area contributed by atoms with Gasteiger partial charge in [-0.15, -0.1) is 0 Å². The van der Waals surface area contributed by atoms with Gasteiger partial charge in [-0.1, -0.05) is 20.8 Å². The Morgan fingerprint density at radius 1 is 1.24 bits per heavy atom. The Morgan fingerprint density at radius 3 is 2.41 bits per heavy atom. The van der Waals surface area contributed by atoms with Crippen molar-refractivity contribution in [1.29, 1.82) is 0 Å². The van der Waals surface area contributed by atoms with Gasteiger partial charge in [-0.3, -0.25) is 0 Å². The van der Waals surface area contributed by atoms with Gasteiger partial charge in [0.1, 0.15) is 0 Å². The van der Waals surface area contributed by atoms with Gasteiger partial charge in [-0.25, -0.2) is 0 Å². The largest absolute Gasteiger partial charge is 0.306 e. The molecular formula is C15H32N2. The first-order valence-corrected chi connectivity index (χ1v) is 7.52. The Kier molecular flexibility index (Phi) is 7.14. The van der Waals surface area contributed by atoms with Gasteiger partial charge in [-0.2, -0.15) is 0 Å². The quantitative estimate of drug-likeness (QED) is 0.675. The molecule has 1 rings (SSSR count). The minimum Gasteiger partial charge on any atom is -0.306 e. The first kappa shape index (κ1) is 15.0. The van der Waals surface area contributed by atoms with Crippen molar-refractivity contribution < 1.29 is 0 Å². The van der Waals surface area contributed by atoms with E-state index in [9.17, 15) is 0 Å². The van der Waals surface area contributed by atoms with Crippen LogP contribution in [0.3, 0.4) is 0 Å². The zero-order valence-electron chi connectivity index (χ0n) is 12.4. The van der Waals surface area contributed by atoms with E-state index in [0.29, 0.717) is 0 Å². The Bertz CT molecular complexity index is 183. The molecule has 0 amide bonds. The molecule has 102 valence electrons. The van der Waals surface area contributed by atoms with Crippen molar-refractivity contribution in [1.82, 2.24) is 9.80 Å². The zero-order chi connectivity index (χ0) is 12.7. The van der Waals surface area contributed by atoms with Crippen LogP contribution in [0.15, 0.2) is 0 Å². The van der Waals surface area contributed by atoms with Gasteiger partial charge >= 0.3 is 0 Å². The number of likely N-dealkylation sites (tertiary alicyclic amines) is 1. The van der Waals surface area contributed by atoms with Crippen LogP contribution in [0.5, 0.6) is 0 Å². The van der Waals surface area contributed by atoms with Crippen LogP contribution in [0.25, 0.3) is 0 Å². The number of hydrogen-bond acceptors (Lipinski definition) is 2. The van der Waals surface area contributed by atoms with E-state index in [0.717, 1.165) is 11.8 Å². The highest BCUT2D eigenvalue weighted by Crippen LogP contribution is 2.18. The van der Waals surface area contributed by atoms with Gasteiger partial charge < -0.3 is 9.80 Å². The third-order valence-electron chi connectivity index (χ3n) is 4.07. The lowest BCUT2D eigenvalue weighted by Gasteiger charge is -2.33. The maximum Gasteiger partial charge on any atom is 0.000744 e. The van der Waals surface area contributed by atoms with Gasteiger partial charge in [0, 0.05) is 6.54 Å². The predicted octanol–water partition coefficient (Wildman–Crippen LogP) is 3.09. The molecule has 1 heterocycles. The number of nitrogens with zero attached hydrogens (tertiary/aromatic N) is 2. The van der Waals surface area contributed by atoms with Crippen LogP contribution in [0, 0.1) is 11.8 Å². The first-order chi connectivity index (χ1) is 8.11. The first-order valence-electron chi connectivity index (χ1n) is 7.52. The van der Waals surface area contributed by atoms with Gasteiger partial charge in [0.25, 0.3) is 0 Å². The SMILES string of the molecule is CCN(C)CC1CCN(CCCC(C)C)CC1. The van der Waals surface area contributed by atoms with Gasteiger partial charge in [0.2, 0.25) is 0 Å². The minimum absolute atomic E-state index is 0.866. The molecule has 1 aliphatic heterocycles. The third-order valence-corrected chi connectivity index (χ3v) is 4.07. The molecule has 1 saturated heterocycles. The highest BCUT2D eigenvalue weighted by molar-refractivity contribution is 4.74. The Hall–Kier alpha value is -0.0800. The number of rotatable bonds is 7. The summed E-state index contributed by atoms with van der Waals surface area (Å²) in [4.78, 5) is 5.13. The summed E-state index contributed by atoms with van der Waals surface area (Å²) in [5.41, 5.74) is 0. The lowest BCUT2D eigenvalue weighted by Crippen LogP contribution is -2.38. The maximum absolute atomic E-state index is 2.67. The summed E-state index contributed by atoms with van der Waals surface area (Å²) in [6.45, 7) is 13.4. The number of piperidine rings is 1. The second-order valence-corrected chi connectivity index (χ2v) is 6.18. The second-order valence-electron chi connectivity index (χ2n) is 6.18. The van der Waals surface area contributed by atoms with Crippen LogP contribution in [0.4, 0.5) is 0 Å². The highest BCUT2D eigenvalue weighted by atomic mass is 15.1. The van der Waals surface area contributed by atoms with Crippen molar-refractivity contribution in [2.24, 2.45) is 11.8 Å². The molecule has 0 spiro atoms. The lowest BCUT2D eigenvalue weighted by atomic mass is 9.96. The van der Waals surface area contributed by atoms with E-state index < -0.39 is 0 Å². The Balaban J connectivity index is 2.09. The average Bonchev–Trinajstić information content (AvgIpc) is 2.31. The van der Waals surface area contributed by atoms with Crippen LogP contribution < -0.4 is 0 Å². The molecule has 0 N–H and O–H groups in total. The van der Waals surface area contributed by atoms with Gasteiger partial charge in [0.05, 0.1) is 0 Å². The molecule has 1 aliphatic rings. The van der Waals surface area contributed by atoms with Gasteiger partial charge in [0.15, 0.2) is 0 Å². The van der Waals surface area contributed by atoms with E-state index in [1.54, 1.807) is 0 Å². The summed E-state index contributed by atoms with van der Waals surface area (Å²) in [6.07, 6.45) is 5.59. The maximum atomic E-state index is 2.67. The number of hydrogen-bond donors (Lipinski definition) is 0. The molecule has 0 radical (unpaired) electrons. The van der Waals surface area contributed by atoms with Crippen molar-refractivity contribution in [3.8, 4) is 0 Å². The molecule has 0 aliphatic carbocycles. The smallest absolute Gasteiger partial charge is 0.000744 e. The second kappa shape index (κ2) is 8.10. The van der Waals surface area contributed by atoms with Crippen LogP contribution >= 0.6 is 0 Å². The average molecular weight is 240 g/mol. The predicted molar refractivity (Wildman–Crippen MR) is 76.4 cm³/mol.